The van der Waals surface area contributed by atoms with Gasteiger partial charge < -0.3 is 10.7 Å². The summed E-state index contributed by atoms with van der Waals surface area (Å²) in [6.07, 6.45) is 0. The predicted octanol–water partition coefficient (Wildman–Crippen LogP) is 3.38. The van der Waals surface area contributed by atoms with Gasteiger partial charge in [-0.25, -0.2) is 0 Å². The van der Waals surface area contributed by atoms with E-state index in [2.05, 4.69) is 10.7 Å². The third-order valence-corrected chi connectivity index (χ3v) is 3.37. The van der Waals surface area contributed by atoms with Crippen LogP contribution in [-0.2, 0) is 0 Å². The third kappa shape index (κ3) is 2.57. The van der Waals surface area contributed by atoms with E-state index < -0.39 is 0 Å². The Hall–Kier alpha value is -2.85. The summed E-state index contributed by atoms with van der Waals surface area (Å²) in [6.45, 7) is 0. The minimum Gasteiger partial charge on any atom is -0.323 e. The second-order valence-corrected chi connectivity index (χ2v) is 4.67. The molecule has 1 amide bonds. The van der Waals surface area contributed by atoms with Crippen LogP contribution in [0.5, 0.6) is 0 Å². The lowest BCUT2D eigenvalue weighted by molar-refractivity contribution is 0.102. The number of benzene rings is 3. The van der Waals surface area contributed by atoms with Gasteiger partial charge in [0.05, 0.1) is 11.3 Å². The topological polar surface area (TPSA) is 67.1 Å². The van der Waals surface area contributed by atoms with E-state index in [1.54, 1.807) is 18.2 Å². The van der Waals surface area contributed by atoms with Gasteiger partial charge in [-0.3, -0.25) is 10.6 Å². The molecule has 3 rings (SSSR count). The Morgan fingerprint density at radius 3 is 2.33 bits per heavy atom. The number of hydrogen-bond acceptors (Lipinski definition) is 3. The lowest BCUT2D eigenvalue weighted by Crippen LogP contribution is -2.17. The first-order valence-electron chi connectivity index (χ1n) is 6.64. The first-order chi connectivity index (χ1) is 10.3. The molecular weight excluding hydrogens is 262 g/mol. The van der Waals surface area contributed by atoms with Gasteiger partial charge >= 0.3 is 0 Å². The molecule has 0 heterocycles. The van der Waals surface area contributed by atoms with Crippen molar-refractivity contribution in [2.45, 2.75) is 0 Å². The average molecular weight is 277 g/mol. The van der Waals surface area contributed by atoms with Crippen LogP contribution < -0.4 is 16.6 Å². The van der Waals surface area contributed by atoms with Crippen molar-refractivity contribution in [3.63, 3.8) is 0 Å². The summed E-state index contributed by atoms with van der Waals surface area (Å²) in [5.41, 5.74) is 4.42. The molecule has 3 aromatic carbocycles. The van der Waals surface area contributed by atoms with Crippen molar-refractivity contribution in [2.24, 2.45) is 5.84 Å². The van der Waals surface area contributed by atoms with Crippen molar-refractivity contribution in [1.82, 2.24) is 0 Å². The molecule has 0 atom stereocenters. The Labute approximate surface area is 122 Å². The lowest BCUT2D eigenvalue weighted by Gasteiger charge is -2.11. The van der Waals surface area contributed by atoms with Crippen molar-refractivity contribution < 1.29 is 4.79 Å². The number of para-hydroxylation sites is 1. The van der Waals surface area contributed by atoms with E-state index in [0.29, 0.717) is 11.3 Å². The zero-order chi connectivity index (χ0) is 14.7. The Bertz CT molecular complexity index is 793. The number of hydrogen-bond donors (Lipinski definition) is 3. The predicted molar refractivity (Wildman–Crippen MR) is 86.2 cm³/mol. The fourth-order valence-electron chi connectivity index (χ4n) is 2.33. The zero-order valence-corrected chi connectivity index (χ0v) is 11.3. The summed E-state index contributed by atoms with van der Waals surface area (Å²) in [6, 6.07) is 20.9. The number of amides is 1. The SMILES string of the molecule is NNc1ccccc1C(=O)Nc1cccc2ccccc12. The molecule has 0 aromatic heterocycles. The minimum atomic E-state index is -0.195. The first-order valence-corrected chi connectivity index (χ1v) is 6.64. The van der Waals surface area contributed by atoms with E-state index in [-0.39, 0.29) is 5.91 Å². The van der Waals surface area contributed by atoms with Crippen LogP contribution >= 0.6 is 0 Å². The molecule has 4 heteroatoms. The van der Waals surface area contributed by atoms with E-state index in [9.17, 15) is 4.79 Å². The maximum absolute atomic E-state index is 12.4. The Morgan fingerprint density at radius 1 is 0.810 bits per heavy atom. The lowest BCUT2D eigenvalue weighted by atomic mass is 10.1. The highest BCUT2D eigenvalue weighted by molar-refractivity contribution is 6.11. The van der Waals surface area contributed by atoms with Gasteiger partial charge in [-0.2, -0.15) is 0 Å². The smallest absolute Gasteiger partial charge is 0.257 e. The molecular formula is C17H15N3O. The van der Waals surface area contributed by atoms with Crippen LogP contribution in [0.3, 0.4) is 0 Å². The van der Waals surface area contributed by atoms with Crippen molar-refractivity contribution in [1.29, 1.82) is 0 Å². The highest BCUT2D eigenvalue weighted by Crippen LogP contribution is 2.24. The fraction of sp³-hybridized carbons (Fsp3) is 0. The van der Waals surface area contributed by atoms with Crippen LogP contribution in [0.2, 0.25) is 0 Å². The summed E-state index contributed by atoms with van der Waals surface area (Å²) >= 11 is 0. The van der Waals surface area contributed by atoms with Gasteiger partial charge in [-0.15, -0.1) is 0 Å². The van der Waals surface area contributed by atoms with Crippen LogP contribution in [0.1, 0.15) is 10.4 Å². The van der Waals surface area contributed by atoms with Gasteiger partial charge in [0.1, 0.15) is 0 Å². The van der Waals surface area contributed by atoms with Crippen LogP contribution in [0.4, 0.5) is 11.4 Å². The summed E-state index contributed by atoms with van der Waals surface area (Å²) in [4.78, 5) is 12.4. The normalized spacial score (nSPS) is 10.3. The second-order valence-electron chi connectivity index (χ2n) is 4.67. The van der Waals surface area contributed by atoms with Gasteiger partial charge in [0.15, 0.2) is 0 Å². The zero-order valence-electron chi connectivity index (χ0n) is 11.3. The van der Waals surface area contributed by atoms with Gasteiger partial charge in [0.25, 0.3) is 5.91 Å². The molecule has 21 heavy (non-hydrogen) atoms. The Morgan fingerprint density at radius 2 is 1.48 bits per heavy atom. The number of anilines is 2. The number of nitrogens with one attached hydrogen (secondary N) is 2. The molecule has 3 aromatic rings. The molecule has 4 N–H and O–H groups in total. The second kappa shape index (κ2) is 5.64. The number of nitrogen functional groups attached to an aromatic ring is 1. The molecule has 104 valence electrons. The van der Waals surface area contributed by atoms with E-state index in [0.717, 1.165) is 16.5 Å². The molecule has 0 unspecified atom stereocenters. The summed E-state index contributed by atoms with van der Waals surface area (Å²) in [5.74, 6) is 5.25. The molecule has 0 spiro atoms. The molecule has 0 radical (unpaired) electrons. The van der Waals surface area contributed by atoms with Crippen molar-refractivity contribution >= 4 is 28.1 Å². The van der Waals surface area contributed by atoms with E-state index >= 15 is 0 Å². The highest BCUT2D eigenvalue weighted by atomic mass is 16.1. The monoisotopic (exact) mass is 277 g/mol. The molecule has 4 nitrogen and oxygen atoms in total. The first kappa shape index (κ1) is 13.1. The van der Waals surface area contributed by atoms with E-state index in [1.165, 1.54) is 0 Å². The van der Waals surface area contributed by atoms with Crippen molar-refractivity contribution in [3.8, 4) is 0 Å². The summed E-state index contributed by atoms with van der Waals surface area (Å²) in [5, 5.41) is 5.03. The molecule has 0 aliphatic carbocycles. The quantitative estimate of drug-likeness (QED) is 0.508. The van der Waals surface area contributed by atoms with E-state index in [4.69, 9.17) is 5.84 Å². The number of fused-ring (bicyclic) bond motifs is 1. The Balaban J connectivity index is 1.97. The number of hydrazine groups is 1. The van der Waals surface area contributed by atoms with Gasteiger partial charge in [-0.1, -0.05) is 48.5 Å². The number of carbonyl (C=O) groups is 1. The summed E-state index contributed by atoms with van der Waals surface area (Å²) in [7, 11) is 0. The largest absolute Gasteiger partial charge is 0.323 e. The summed E-state index contributed by atoms with van der Waals surface area (Å²) < 4.78 is 0. The third-order valence-electron chi connectivity index (χ3n) is 3.37. The molecule has 0 fully saturated rings. The van der Waals surface area contributed by atoms with Gasteiger partial charge in [0, 0.05) is 11.1 Å². The van der Waals surface area contributed by atoms with Crippen LogP contribution in [-0.4, -0.2) is 5.91 Å². The number of rotatable bonds is 3. The standard InChI is InChI=1S/C17H15N3O/c18-20-16-10-4-3-9-14(16)17(21)19-15-11-5-7-12-6-1-2-8-13(12)15/h1-11,20H,18H2,(H,19,21). The average Bonchev–Trinajstić information content (AvgIpc) is 2.55. The number of nitrogens with two attached hydrogens (primary N) is 1. The Kier molecular flexibility index (Phi) is 3.53. The van der Waals surface area contributed by atoms with Gasteiger partial charge in [0.2, 0.25) is 0 Å². The molecule has 0 saturated carbocycles. The van der Waals surface area contributed by atoms with Crippen LogP contribution in [0, 0.1) is 0 Å². The molecule has 0 bridgehead atoms. The maximum Gasteiger partial charge on any atom is 0.257 e. The fourth-order valence-corrected chi connectivity index (χ4v) is 2.33. The number of carbonyl (C=O) groups excluding carboxylic acids is 1. The highest BCUT2D eigenvalue weighted by Gasteiger charge is 2.11. The maximum atomic E-state index is 12.4. The molecule has 0 saturated heterocycles. The molecule has 0 aliphatic heterocycles. The van der Waals surface area contributed by atoms with E-state index in [1.807, 2.05) is 48.5 Å². The van der Waals surface area contributed by atoms with Crippen LogP contribution in [0.15, 0.2) is 66.7 Å². The van der Waals surface area contributed by atoms with Crippen LogP contribution in [0.25, 0.3) is 10.8 Å². The van der Waals surface area contributed by atoms with Gasteiger partial charge in [-0.05, 0) is 23.6 Å². The van der Waals surface area contributed by atoms with Crippen molar-refractivity contribution in [3.05, 3.63) is 72.3 Å². The molecule has 0 aliphatic rings. The minimum absolute atomic E-state index is 0.195. The van der Waals surface area contributed by atoms with Crippen molar-refractivity contribution in [2.75, 3.05) is 10.7 Å².